The molecule has 0 aromatic heterocycles. The van der Waals surface area contributed by atoms with Crippen LogP contribution in [0.4, 0.5) is 0 Å². The van der Waals surface area contributed by atoms with Gasteiger partial charge in [0.15, 0.2) is 0 Å². The summed E-state index contributed by atoms with van der Waals surface area (Å²) in [5.74, 6) is -0.893. The van der Waals surface area contributed by atoms with E-state index < -0.39 is 56.6 Å². The van der Waals surface area contributed by atoms with Crippen molar-refractivity contribution in [3.63, 3.8) is 0 Å². The Morgan fingerprint density at radius 2 is 1.37 bits per heavy atom. The van der Waals surface area contributed by atoms with Crippen LogP contribution in [-0.4, -0.2) is 176 Å². The predicted molar refractivity (Wildman–Crippen MR) is 217 cm³/mol. The number of nitrogens with one attached hydrogen (secondary N) is 1. The van der Waals surface area contributed by atoms with E-state index in [1.807, 2.05) is 4.90 Å². The van der Waals surface area contributed by atoms with Crippen LogP contribution in [0.3, 0.4) is 0 Å². The third-order valence-electron chi connectivity index (χ3n) is 14.7. The first kappa shape index (κ1) is 52.6. The predicted octanol–water partition coefficient (Wildman–Crippen LogP) is 1.43. The number of carboxylic acids is 3. The molecule has 0 spiro atoms. The molecular weight excluding hydrogens is 772 g/mol. The van der Waals surface area contributed by atoms with E-state index in [9.17, 15) is 55.1 Å². The molecule has 4 aliphatic rings. The van der Waals surface area contributed by atoms with Crippen LogP contribution in [0.1, 0.15) is 97.8 Å². The maximum atomic E-state index is 13.4. The number of carbonyl (C=O) groups excluding carboxylic acids is 1. The van der Waals surface area contributed by atoms with E-state index in [0.717, 1.165) is 65.6 Å². The minimum absolute atomic E-state index is 0.0127. The molecule has 4 saturated carbocycles. The van der Waals surface area contributed by atoms with Crippen molar-refractivity contribution in [3.8, 4) is 0 Å². The van der Waals surface area contributed by atoms with Crippen molar-refractivity contribution in [1.82, 2.24) is 20.0 Å². The van der Waals surface area contributed by atoms with Crippen molar-refractivity contribution in [2.75, 3.05) is 73.6 Å². The molecule has 1 amide bonds. The molecule has 11 atom stereocenters. The van der Waals surface area contributed by atoms with Gasteiger partial charge in [0.1, 0.15) is 0 Å². The first-order valence-electron chi connectivity index (χ1n) is 21.3. The lowest BCUT2D eigenvalue weighted by Gasteiger charge is -2.62. The second kappa shape index (κ2) is 25.4. The summed E-state index contributed by atoms with van der Waals surface area (Å²) in [6.07, 6.45) is 8.54. The van der Waals surface area contributed by atoms with E-state index in [2.05, 4.69) is 31.0 Å². The number of aliphatic carboxylic acids is 3. The second-order valence-corrected chi connectivity index (χ2v) is 17.6. The number of fused-ring (bicyclic) bond motifs is 5. The first-order valence-corrected chi connectivity index (χ1v) is 21.3. The maximum absolute atomic E-state index is 13.4. The zero-order chi connectivity index (χ0) is 44.5. The van der Waals surface area contributed by atoms with Gasteiger partial charge in [0.05, 0.1) is 39.3 Å². The van der Waals surface area contributed by atoms with Gasteiger partial charge >= 0.3 is 17.9 Å². The lowest BCUT2D eigenvalue weighted by atomic mass is 9.43. The van der Waals surface area contributed by atoms with E-state index in [1.165, 1.54) is 9.80 Å². The first-order chi connectivity index (χ1) is 28.1. The summed E-state index contributed by atoms with van der Waals surface area (Å²) in [4.78, 5) is 56.5. The summed E-state index contributed by atoms with van der Waals surface area (Å²) in [5, 5.41) is 85.5. The maximum Gasteiger partial charge on any atom is 0.317 e. The third-order valence-corrected chi connectivity index (χ3v) is 14.7. The van der Waals surface area contributed by atoms with Gasteiger partial charge < -0.3 is 46.2 Å². The topological polar surface area (TPSA) is 281 Å². The van der Waals surface area contributed by atoms with Crippen LogP contribution in [0.5, 0.6) is 0 Å². The molecule has 4 aliphatic carbocycles. The summed E-state index contributed by atoms with van der Waals surface area (Å²) in [6, 6.07) is -0.492. The molecule has 0 heterocycles. The number of aliphatic hydroxyl groups is 5. The second-order valence-electron chi connectivity index (χ2n) is 17.6. The smallest absolute Gasteiger partial charge is 0.317 e. The fourth-order valence-corrected chi connectivity index (χ4v) is 11.7. The van der Waals surface area contributed by atoms with Gasteiger partial charge in [-0.3, -0.25) is 39.1 Å². The van der Waals surface area contributed by atoms with Crippen molar-refractivity contribution in [2.24, 2.45) is 46.3 Å². The Hall–Kier alpha value is -2.52. The van der Waals surface area contributed by atoms with E-state index in [0.29, 0.717) is 36.0 Å². The molecule has 18 heteroatoms. The third kappa shape index (κ3) is 14.0. The Labute approximate surface area is 349 Å². The van der Waals surface area contributed by atoms with Crippen molar-refractivity contribution in [2.45, 2.75) is 116 Å². The van der Waals surface area contributed by atoms with Gasteiger partial charge in [-0.15, -0.1) is 0 Å². The van der Waals surface area contributed by atoms with Gasteiger partial charge in [-0.1, -0.05) is 20.8 Å². The summed E-state index contributed by atoms with van der Waals surface area (Å²) in [5.41, 5.74) is -0.134. The van der Waals surface area contributed by atoms with Gasteiger partial charge in [0, 0.05) is 65.3 Å². The summed E-state index contributed by atoms with van der Waals surface area (Å²) in [6.45, 7) is 5.63. The molecule has 344 valence electrons. The summed E-state index contributed by atoms with van der Waals surface area (Å²) in [7, 11) is 2.00. The number of carbonyl (C=O) groups is 4. The largest absolute Gasteiger partial charge is 0.481 e. The number of rotatable bonds is 23. The molecule has 8 unspecified atom stereocenters. The fraction of sp³-hybridized carbons (Fsp3) is 0.902. The van der Waals surface area contributed by atoms with Gasteiger partial charge in [-0.25, -0.2) is 4.89 Å². The number of carboxylic acid groups (broad SMARTS) is 3. The number of nitrogens with zero attached hydrogens (tertiary/aromatic N) is 3. The van der Waals surface area contributed by atoms with E-state index >= 15 is 0 Å². The number of amides is 1. The highest BCUT2D eigenvalue weighted by Gasteiger charge is 2.63. The van der Waals surface area contributed by atoms with Crippen molar-refractivity contribution in [3.05, 3.63) is 0 Å². The SMILES string of the molecule is CC(CCC(=O)O)[C@H]1CCC2C3CCC4CC(NC(=O)CCC(COO)N(CCN(CO)CO)CCN(CC(=O)O)CC(=O)O)CC[C@]4(C)C3CC(O)[C@@]21C.CO.CO. The highest BCUT2D eigenvalue weighted by molar-refractivity contribution is 5.76. The standard InChI is InChI=1S/C39H68N4O12.2CH4O/c1-25(4-11-35(48)49)30-8-9-31-29-7-5-26-18-27(12-13-38(26,2)32(29)19-33(46)39(30,31)3)40-34(47)10-6-28(22-55-54)43(17-15-42(23-44)24-45)16-14-41(20-36(50)51)21-37(52)53;2*1-2/h25-33,44-46,54H,4-24H2,1-3H3,(H,40,47)(H,48,49)(H,50,51)(H,52,53);2*2H,1H3/t25?,26?,27?,28?,29?,30-,31?,32?,33?,38+,39-;;/m1../s1. The van der Waals surface area contributed by atoms with Crippen molar-refractivity contribution < 1.29 is 70.2 Å². The van der Waals surface area contributed by atoms with Crippen LogP contribution >= 0.6 is 0 Å². The fourth-order valence-electron chi connectivity index (χ4n) is 11.7. The Morgan fingerprint density at radius 3 is 1.93 bits per heavy atom. The van der Waals surface area contributed by atoms with Crippen molar-refractivity contribution >= 4 is 23.8 Å². The van der Waals surface area contributed by atoms with Gasteiger partial charge in [-0.05, 0) is 111 Å². The van der Waals surface area contributed by atoms with Crippen LogP contribution in [0, 0.1) is 46.3 Å². The van der Waals surface area contributed by atoms with E-state index in [1.54, 1.807) is 0 Å². The zero-order valence-electron chi connectivity index (χ0n) is 36.0. The summed E-state index contributed by atoms with van der Waals surface area (Å²) >= 11 is 0. The normalized spacial score (nSPS) is 30.8. The lowest BCUT2D eigenvalue weighted by molar-refractivity contribution is -0.252. The molecule has 0 saturated heterocycles. The number of aliphatic hydroxyl groups excluding tert-OH is 5. The zero-order valence-corrected chi connectivity index (χ0v) is 36.0. The van der Waals surface area contributed by atoms with E-state index in [4.69, 9.17) is 10.2 Å². The van der Waals surface area contributed by atoms with Gasteiger partial charge in [-0.2, -0.15) is 0 Å². The molecule has 10 N–H and O–H groups in total. The monoisotopic (exact) mass is 849 g/mol. The van der Waals surface area contributed by atoms with Crippen LogP contribution in [0.25, 0.3) is 0 Å². The van der Waals surface area contributed by atoms with Crippen molar-refractivity contribution in [1.29, 1.82) is 0 Å². The Kier molecular flexibility index (Phi) is 22.7. The number of hydrogen-bond donors (Lipinski definition) is 10. The molecule has 0 aromatic carbocycles. The minimum atomic E-state index is -1.18. The molecule has 4 rings (SSSR count). The van der Waals surface area contributed by atoms with Crippen LogP contribution in [0.15, 0.2) is 0 Å². The Morgan fingerprint density at radius 1 is 0.763 bits per heavy atom. The van der Waals surface area contributed by atoms with Crippen LogP contribution in [0.2, 0.25) is 0 Å². The minimum Gasteiger partial charge on any atom is -0.481 e. The molecule has 0 bridgehead atoms. The molecule has 18 nitrogen and oxygen atoms in total. The molecule has 59 heavy (non-hydrogen) atoms. The van der Waals surface area contributed by atoms with E-state index in [-0.39, 0.29) is 80.7 Å². The van der Waals surface area contributed by atoms with Crippen LogP contribution < -0.4 is 5.32 Å². The van der Waals surface area contributed by atoms with Gasteiger partial charge in [0.2, 0.25) is 5.91 Å². The quantitative estimate of drug-likeness (QED) is 0.0396. The lowest BCUT2D eigenvalue weighted by Crippen LogP contribution is -2.59. The molecule has 0 aliphatic heterocycles. The average Bonchev–Trinajstić information content (AvgIpc) is 3.57. The van der Waals surface area contributed by atoms with Crippen LogP contribution in [-0.2, 0) is 24.1 Å². The average molecular weight is 849 g/mol. The Balaban J connectivity index is 0.00000291. The highest BCUT2D eigenvalue weighted by Crippen LogP contribution is 2.68. The molecule has 0 radical (unpaired) electrons. The molecular formula is C41H76N4O14. The summed E-state index contributed by atoms with van der Waals surface area (Å²) < 4.78 is 0. The number of hydrogen-bond acceptors (Lipinski definition) is 14. The molecule has 0 aromatic rings. The Bertz CT molecular complexity index is 1280. The molecule has 4 fully saturated rings. The van der Waals surface area contributed by atoms with Gasteiger partial charge in [0.25, 0.3) is 0 Å². The highest BCUT2D eigenvalue weighted by atomic mass is 17.1.